The van der Waals surface area contributed by atoms with E-state index < -0.39 is 5.60 Å². The van der Waals surface area contributed by atoms with Crippen molar-refractivity contribution in [2.45, 2.75) is 18.4 Å². The number of ether oxygens (including phenoxy) is 2. The summed E-state index contributed by atoms with van der Waals surface area (Å²) in [4.78, 5) is 12.1. The highest BCUT2D eigenvalue weighted by Gasteiger charge is 2.30. The number of rotatable bonds is 4. The molecule has 0 atom stereocenters. The van der Waals surface area contributed by atoms with Crippen LogP contribution in [-0.4, -0.2) is 43.5 Å². The van der Waals surface area contributed by atoms with Gasteiger partial charge < -0.3 is 25.6 Å². The van der Waals surface area contributed by atoms with Gasteiger partial charge in [0.25, 0.3) is 5.91 Å². The molecule has 1 aliphatic rings. The molecule has 0 unspecified atom stereocenters. The van der Waals surface area contributed by atoms with Crippen LogP contribution in [0.5, 0.6) is 5.75 Å². The molecular weight excluding hydrogens is 260 g/mol. The first-order valence-corrected chi connectivity index (χ1v) is 6.56. The standard InChI is InChI=1S/C14H20N2O4/c1-19-11-4-2-3-10(12(11)15)13(17)16-9-14(18)5-7-20-8-6-14/h2-4,18H,5-9,15H2,1H3,(H,16,17). The molecule has 6 nitrogen and oxygen atoms in total. The lowest BCUT2D eigenvalue weighted by molar-refractivity contribution is -0.0605. The van der Waals surface area contributed by atoms with E-state index >= 15 is 0 Å². The van der Waals surface area contributed by atoms with E-state index in [1.54, 1.807) is 18.2 Å². The highest BCUT2D eigenvalue weighted by Crippen LogP contribution is 2.25. The van der Waals surface area contributed by atoms with Crippen molar-refractivity contribution in [2.24, 2.45) is 0 Å². The van der Waals surface area contributed by atoms with Crippen LogP contribution >= 0.6 is 0 Å². The Morgan fingerprint density at radius 1 is 1.50 bits per heavy atom. The number of nitrogens with one attached hydrogen (secondary N) is 1. The van der Waals surface area contributed by atoms with Gasteiger partial charge in [-0.1, -0.05) is 6.07 Å². The molecule has 0 aliphatic carbocycles. The number of para-hydroxylation sites is 1. The minimum atomic E-state index is -0.901. The number of hydrogen-bond donors (Lipinski definition) is 3. The largest absolute Gasteiger partial charge is 0.495 e. The number of nitrogens with two attached hydrogens (primary N) is 1. The van der Waals surface area contributed by atoms with Crippen LogP contribution in [-0.2, 0) is 4.74 Å². The number of carbonyl (C=O) groups excluding carboxylic acids is 1. The Bertz CT molecular complexity index is 484. The van der Waals surface area contributed by atoms with E-state index in [2.05, 4.69) is 5.32 Å². The molecule has 0 saturated carbocycles. The normalized spacial score (nSPS) is 17.5. The van der Waals surface area contributed by atoms with Crippen LogP contribution in [0.15, 0.2) is 18.2 Å². The number of carbonyl (C=O) groups is 1. The molecule has 0 bridgehead atoms. The van der Waals surface area contributed by atoms with Gasteiger partial charge >= 0.3 is 0 Å². The minimum absolute atomic E-state index is 0.186. The van der Waals surface area contributed by atoms with Crippen molar-refractivity contribution in [3.8, 4) is 5.75 Å². The zero-order chi connectivity index (χ0) is 14.6. The summed E-state index contributed by atoms with van der Waals surface area (Å²) in [5.41, 5.74) is 5.61. The molecule has 2 rings (SSSR count). The molecule has 1 aromatic carbocycles. The molecule has 110 valence electrons. The van der Waals surface area contributed by atoms with Crippen LogP contribution in [0.25, 0.3) is 0 Å². The maximum atomic E-state index is 12.1. The summed E-state index contributed by atoms with van der Waals surface area (Å²) in [6, 6.07) is 5.02. The molecule has 1 saturated heterocycles. The van der Waals surface area contributed by atoms with Gasteiger partial charge in [-0.2, -0.15) is 0 Å². The van der Waals surface area contributed by atoms with E-state index in [0.717, 1.165) is 0 Å². The molecule has 1 heterocycles. The van der Waals surface area contributed by atoms with Gasteiger partial charge in [0.15, 0.2) is 0 Å². The van der Waals surface area contributed by atoms with E-state index in [0.29, 0.717) is 43.1 Å². The van der Waals surface area contributed by atoms with Crippen molar-refractivity contribution in [1.82, 2.24) is 5.32 Å². The first-order valence-electron chi connectivity index (χ1n) is 6.56. The zero-order valence-corrected chi connectivity index (χ0v) is 11.5. The summed E-state index contributed by atoms with van der Waals surface area (Å²) in [7, 11) is 1.50. The number of anilines is 1. The van der Waals surface area contributed by atoms with Crippen molar-refractivity contribution >= 4 is 11.6 Å². The van der Waals surface area contributed by atoms with Gasteiger partial charge in [-0.15, -0.1) is 0 Å². The Morgan fingerprint density at radius 3 is 2.85 bits per heavy atom. The van der Waals surface area contributed by atoms with Crippen LogP contribution in [0.2, 0.25) is 0 Å². The monoisotopic (exact) mass is 280 g/mol. The number of nitrogen functional groups attached to an aromatic ring is 1. The topological polar surface area (TPSA) is 93.8 Å². The lowest BCUT2D eigenvalue weighted by atomic mass is 9.94. The molecule has 20 heavy (non-hydrogen) atoms. The minimum Gasteiger partial charge on any atom is -0.495 e. The maximum absolute atomic E-state index is 12.1. The number of benzene rings is 1. The Kier molecular flexibility index (Phi) is 4.46. The first-order chi connectivity index (χ1) is 9.56. The van der Waals surface area contributed by atoms with Crippen molar-refractivity contribution < 1.29 is 19.4 Å². The van der Waals surface area contributed by atoms with Gasteiger partial charge in [-0.25, -0.2) is 0 Å². The quantitative estimate of drug-likeness (QED) is 0.700. The Morgan fingerprint density at radius 2 is 2.20 bits per heavy atom. The second-order valence-electron chi connectivity index (χ2n) is 4.94. The molecular formula is C14H20N2O4. The lowest BCUT2D eigenvalue weighted by Crippen LogP contribution is -2.46. The fourth-order valence-corrected chi connectivity index (χ4v) is 2.19. The highest BCUT2D eigenvalue weighted by atomic mass is 16.5. The van der Waals surface area contributed by atoms with Gasteiger partial charge in [0.1, 0.15) is 5.75 Å². The number of amides is 1. The highest BCUT2D eigenvalue weighted by molar-refractivity contribution is 6.00. The molecule has 1 amide bonds. The maximum Gasteiger partial charge on any atom is 0.253 e. The third-order valence-electron chi connectivity index (χ3n) is 3.53. The zero-order valence-electron chi connectivity index (χ0n) is 11.5. The fourth-order valence-electron chi connectivity index (χ4n) is 2.19. The first kappa shape index (κ1) is 14.6. The van der Waals surface area contributed by atoms with E-state index in [1.807, 2.05) is 0 Å². The van der Waals surface area contributed by atoms with E-state index in [9.17, 15) is 9.90 Å². The number of methoxy groups -OCH3 is 1. The summed E-state index contributed by atoms with van der Waals surface area (Å²) in [5, 5.41) is 13.0. The van der Waals surface area contributed by atoms with Crippen LogP contribution < -0.4 is 15.8 Å². The van der Waals surface area contributed by atoms with Gasteiger partial charge in [0.2, 0.25) is 0 Å². The molecule has 0 radical (unpaired) electrons. The summed E-state index contributed by atoms with van der Waals surface area (Å²) in [6.07, 6.45) is 1.03. The molecule has 1 fully saturated rings. The van der Waals surface area contributed by atoms with Crippen LogP contribution in [0, 0.1) is 0 Å². The SMILES string of the molecule is COc1cccc(C(=O)NCC2(O)CCOCC2)c1N. The van der Waals surface area contributed by atoms with Gasteiger partial charge in [-0.3, -0.25) is 4.79 Å². The number of aliphatic hydroxyl groups is 1. The average Bonchev–Trinajstić information content (AvgIpc) is 2.46. The van der Waals surface area contributed by atoms with Gasteiger partial charge in [-0.05, 0) is 12.1 Å². The molecule has 0 aromatic heterocycles. The van der Waals surface area contributed by atoms with Gasteiger partial charge in [0.05, 0.1) is 24.0 Å². The molecule has 1 aromatic rings. The Labute approximate surface area is 117 Å². The van der Waals surface area contributed by atoms with E-state index in [-0.39, 0.29) is 12.5 Å². The van der Waals surface area contributed by atoms with Crippen molar-refractivity contribution in [1.29, 1.82) is 0 Å². The average molecular weight is 280 g/mol. The second kappa shape index (κ2) is 6.11. The molecule has 1 aliphatic heterocycles. The smallest absolute Gasteiger partial charge is 0.253 e. The van der Waals surface area contributed by atoms with E-state index in [4.69, 9.17) is 15.2 Å². The molecule has 4 N–H and O–H groups in total. The second-order valence-corrected chi connectivity index (χ2v) is 4.94. The summed E-state index contributed by atoms with van der Waals surface area (Å²) in [5.74, 6) is 0.142. The van der Waals surface area contributed by atoms with Crippen molar-refractivity contribution in [3.63, 3.8) is 0 Å². The molecule has 6 heteroatoms. The molecule has 0 spiro atoms. The Hall–Kier alpha value is -1.79. The lowest BCUT2D eigenvalue weighted by Gasteiger charge is -2.32. The number of hydrogen-bond acceptors (Lipinski definition) is 5. The van der Waals surface area contributed by atoms with Crippen LogP contribution in [0.4, 0.5) is 5.69 Å². The Balaban J connectivity index is 2.01. The van der Waals surface area contributed by atoms with Crippen LogP contribution in [0.3, 0.4) is 0 Å². The van der Waals surface area contributed by atoms with Gasteiger partial charge in [0, 0.05) is 32.6 Å². The van der Waals surface area contributed by atoms with Crippen molar-refractivity contribution in [3.05, 3.63) is 23.8 Å². The fraction of sp³-hybridized carbons (Fsp3) is 0.500. The predicted octanol–water partition coefficient (Wildman–Crippen LogP) is 0.549. The summed E-state index contributed by atoms with van der Waals surface area (Å²) >= 11 is 0. The van der Waals surface area contributed by atoms with E-state index in [1.165, 1.54) is 7.11 Å². The van der Waals surface area contributed by atoms with Crippen LogP contribution in [0.1, 0.15) is 23.2 Å². The predicted molar refractivity (Wildman–Crippen MR) is 74.7 cm³/mol. The summed E-state index contributed by atoms with van der Waals surface area (Å²) in [6.45, 7) is 1.20. The summed E-state index contributed by atoms with van der Waals surface area (Å²) < 4.78 is 10.3. The third-order valence-corrected chi connectivity index (χ3v) is 3.53. The van der Waals surface area contributed by atoms with Crippen molar-refractivity contribution in [2.75, 3.05) is 32.6 Å². The third kappa shape index (κ3) is 3.20.